The molecule has 2 heterocycles. The minimum Gasteiger partial charge on any atom is -0.450 e. The van der Waals surface area contributed by atoms with Gasteiger partial charge in [-0.25, -0.2) is 4.79 Å². The van der Waals surface area contributed by atoms with Crippen molar-refractivity contribution >= 4 is 34.6 Å². The Kier molecular flexibility index (Phi) is 4.66. The average molecular weight is 351 g/mol. The number of ether oxygens (including phenoxy) is 1. The highest BCUT2D eigenvalue weighted by atomic mass is 35.5. The lowest BCUT2D eigenvalue weighted by Gasteiger charge is -2.33. The van der Waals surface area contributed by atoms with Crippen LogP contribution in [-0.2, 0) is 4.74 Å². The summed E-state index contributed by atoms with van der Waals surface area (Å²) in [6.45, 7) is 5.76. The molecule has 6 nitrogen and oxygen atoms in total. The number of furan rings is 1. The molecule has 0 saturated carbocycles. The number of piperazine rings is 1. The van der Waals surface area contributed by atoms with E-state index in [9.17, 15) is 9.59 Å². The van der Waals surface area contributed by atoms with Gasteiger partial charge in [-0.3, -0.25) is 4.79 Å². The first-order valence-electron chi connectivity index (χ1n) is 7.91. The first-order chi connectivity index (χ1) is 11.5. The van der Waals surface area contributed by atoms with E-state index >= 15 is 0 Å². The standard InChI is InChI=1S/C17H19ClN2O4/c1-3-23-17(22)20-9-7-19(8-10-20)16(21)14-11(2)12-5-4-6-13(18)15(12)24-14/h4-6H,3,7-10H2,1-2H3. The van der Waals surface area contributed by atoms with Crippen LogP contribution >= 0.6 is 11.6 Å². The van der Waals surface area contributed by atoms with E-state index in [1.165, 1.54) is 0 Å². The summed E-state index contributed by atoms with van der Waals surface area (Å²) in [5.41, 5.74) is 1.32. The van der Waals surface area contributed by atoms with E-state index in [1.807, 2.05) is 19.1 Å². The van der Waals surface area contributed by atoms with Crippen molar-refractivity contribution in [1.82, 2.24) is 9.80 Å². The van der Waals surface area contributed by atoms with Crippen molar-refractivity contribution in [2.45, 2.75) is 13.8 Å². The monoisotopic (exact) mass is 350 g/mol. The van der Waals surface area contributed by atoms with Crippen molar-refractivity contribution in [3.63, 3.8) is 0 Å². The van der Waals surface area contributed by atoms with E-state index < -0.39 is 0 Å². The SMILES string of the molecule is CCOC(=O)N1CCN(C(=O)c2oc3c(Cl)cccc3c2C)CC1. The Labute approximate surface area is 144 Å². The lowest BCUT2D eigenvalue weighted by atomic mass is 10.1. The summed E-state index contributed by atoms with van der Waals surface area (Å²) in [6, 6.07) is 5.45. The number of carbonyl (C=O) groups excluding carboxylic acids is 2. The molecule has 24 heavy (non-hydrogen) atoms. The zero-order valence-corrected chi connectivity index (χ0v) is 14.4. The summed E-state index contributed by atoms with van der Waals surface area (Å²) in [5.74, 6) is 0.131. The molecule has 1 aromatic heterocycles. The molecule has 0 unspecified atom stereocenters. The third-order valence-electron chi connectivity index (χ3n) is 4.20. The molecule has 3 rings (SSSR count). The Morgan fingerprint density at radius 3 is 2.50 bits per heavy atom. The molecule has 0 aliphatic carbocycles. The minimum atomic E-state index is -0.337. The second-order valence-corrected chi connectivity index (χ2v) is 6.06. The number of para-hydroxylation sites is 1. The van der Waals surface area contributed by atoms with Gasteiger partial charge < -0.3 is 19.0 Å². The molecule has 1 aliphatic heterocycles. The molecule has 1 aromatic carbocycles. The zero-order chi connectivity index (χ0) is 17.3. The number of benzene rings is 1. The predicted octanol–water partition coefficient (Wildman–Crippen LogP) is 3.31. The third-order valence-corrected chi connectivity index (χ3v) is 4.50. The number of nitrogens with zero attached hydrogens (tertiary/aromatic N) is 2. The maximum Gasteiger partial charge on any atom is 0.409 e. The number of rotatable bonds is 2. The molecule has 1 saturated heterocycles. The van der Waals surface area contributed by atoms with E-state index in [0.29, 0.717) is 49.2 Å². The van der Waals surface area contributed by atoms with Crippen LogP contribution in [0.3, 0.4) is 0 Å². The van der Waals surface area contributed by atoms with Crippen molar-refractivity contribution in [2.24, 2.45) is 0 Å². The van der Waals surface area contributed by atoms with E-state index in [0.717, 1.165) is 10.9 Å². The largest absolute Gasteiger partial charge is 0.450 e. The van der Waals surface area contributed by atoms with Crippen LogP contribution in [0.1, 0.15) is 23.0 Å². The second-order valence-electron chi connectivity index (χ2n) is 5.65. The topological polar surface area (TPSA) is 63.0 Å². The fourth-order valence-corrected chi connectivity index (χ4v) is 3.08. The molecule has 2 aromatic rings. The summed E-state index contributed by atoms with van der Waals surface area (Å²) < 4.78 is 10.7. The molecule has 128 valence electrons. The van der Waals surface area contributed by atoms with Gasteiger partial charge in [0.2, 0.25) is 0 Å². The van der Waals surface area contributed by atoms with Crippen molar-refractivity contribution in [1.29, 1.82) is 0 Å². The van der Waals surface area contributed by atoms with E-state index in [1.54, 1.807) is 22.8 Å². The third kappa shape index (κ3) is 2.94. The van der Waals surface area contributed by atoms with Crippen LogP contribution < -0.4 is 0 Å². The first kappa shape index (κ1) is 16.6. The van der Waals surface area contributed by atoms with Gasteiger partial charge in [-0.05, 0) is 19.9 Å². The van der Waals surface area contributed by atoms with Crippen LogP contribution in [0.2, 0.25) is 5.02 Å². The molecule has 0 radical (unpaired) electrons. The number of aryl methyl sites for hydroxylation is 1. The zero-order valence-electron chi connectivity index (χ0n) is 13.7. The molecule has 1 fully saturated rings. The molecular formula is C17H19ClN2O4. The van der Waals surface area contributed by atoms with Gasteiger partial charge in [-0.15, -0.1) is 0 Å². The number of fused-ring (bicyclic) bond motifs is 1. The Bertz CT molecular complexity index is 778. The summed E-state index contributed by atoms with van der Waals surface area (Å²) in [7, 11) is 0. The van der Waals surface area contributed by atoms with Gasteiger partial charge in [0.15, 0.2) is 11.3 Å². The summed E-state index contributed by atoms with van der Waals surface area (Å²) in [6.07, 6.45) is -0.337. The fourth-order valence-electron chi connectivity index (χ4n) is 2.86. The van der Waals surface area contributed by atoms with Crippen molar-refractivity contribution < 1.29 is 18.7 Å². The minimum absolute atomic E-state index is 0.178. The Hall–Kier alpha value is -2.21. The molecular weight excluding hydrogens is 332 g/mol. The predicted molar refractivity (Wildman–Crippen MR) is 90.5 cm³/mol. The molecule has 1 aliphatic rings. The number of hydrogen-bond acceptors (Lipinski definition) is 4. The van der Waals surface area contributed by atoms with Crippen LogP contribution in [0.4, 0.5) is 4.79 Å². The average Bonchev–Trinajstić information content (AvgIpc) is 2.93. The van der Waals surface area contributed by atoms with Crippen molar-refractivity contribution in [3.8, 4) is 0 Å². The van der Waals surface area contributed by atoms with Crippen LogP contribution in [0.5, 0.6) is 0 Å². The molecule has 7 heteroatoms. The lowest BCUT2D eigenvalue weighted by Crippen LogP contribution is -2.50. The summed E-state index contributed by atoms with van der Waals surface area (Å²) in [4.78, 5) is 27.8. The molecule has 0 atom stereocenters. The van der Waals surface area contributed by atoms with Gasteiger partial charge in [0, 0.05) is 37.1 Å². The highest BCUT2D eigenvalue weighted by Gasteiger charge is 2.29. The number of carbonyl (C=O) groups is 2. The maximum atomic E-state index is 12.8. The van der Waals surface area contributed by atoms with Crippen LogP contribution in [0.15, 0.2) is 22.6 Å². The summed E-state index contributed by atoms with van der Waals surface area (Å²) >= 11 is 6.14. The Morgan fingerprint density at radius 2 is 1.88 bits per heavy atom. The normalized spacial score (nSPS) is 15.0. The van der Waals surface area contributed by atoms with E-state index in [4.69, 9.17) is 20.8 Å². The van der Waals surface area contributed by atoms with Crippen LogP contribution in [0.25, 0.3) is 11.0 Å². The van der Waals surface area contributed by atoms with Gasteiger partial charge in [0.05, 0.1) is 11.6 Å². The first-order valence-corrected chi connectivity index (χ1v) is 8.29. The number of amides is 2. The van der Waals surface area contributed by atoms with Gasteiger partial charge in [-0.1, -0.05) is 23.7 Å². The van der Waals surface area contributed by atoms with Crippen molar-refractivity contribution in [2.75, 3.05) is 32.8 Å². The number of hydrogen-bond donors (Lipinski definition) is 0. The lowest BCUT2D eigenvalue weighted by molar-refractivity contribution is 0.0547. The fraction of sp³-hybridized carbons (Fsp3) is 0.412. The Morgan fingerprint density at radius 1 is 1.21 bits per heavy atom. The highest BCUT2D eigenvalue weighted by molar-refractivity contribution is 6.35. The quantitative estimate of drug-likeness (QED) is 0.833. The Balaban J connectivity index is 1.75. The maximum absolute atomic E-state index is 12.8. The van der Waals surface area contributed by atoms with Gasteiger partial charge >= 0.3 is 6.09 Å². The smallest absolute Gasteiger partial charge is 0.409 e. The summed E-state index contributed by atoms with van der Waals surface area (Å²) in [5, 5.41) is 1.33. The van der Waals surface area contributed by atoms with Crippen LogP contribution in [0, 0.1) is 6.92 Å². The molecule has 0 N–H and O–H groups in total. The van der Waals surface area contributed by atoms with Crippen molar-refractivity contribution in [3.05, 3.63) is 34.5 Å². The van der Waals surface area contributed by atoms with E-state index in [-0.39, 0.29) is 12.0 Å². The van der Waals surface area contributed by atoms with Gasteiger partial charge in [0.1, 0.15) is 0 Å². The van der Waals surface area contributed by atoms with E-state index in [2.05, 4.69) is 0 Å². The molecule has 0 spiro atoms. The molecule has 0 bridgehead atoms. The molecule has 2 amide bonds. The van der Waals surface area contributed by atoms with Crippen LogP contribution in [-0.4, -0.2) is 54.6 Å². The highest BCUT2D eigenvalue weighted by Crippen LogP contribution is 2.31. The van der Waals surface area contributed by atoms with Gasteiger partial charge in [0.25, 0.3) is 5.91 Å². The second kappa shape index (κ2) is 6.73. The number of halogens is 1. The van der Waals surface area contributed by atoms with Gasteiger partial charge in [-0.2, -0.15) is 0 Å².